The normalized spacial score (nSPS) is 28.9. The Morgan fingerprint density at radius 3 is 2.81 bits per heavy atom. The van der Waals surface area contributed by atoms with Gasteiger partial charge in [0.25, 0.3) is 0 Å². The molecule has 0 bridgehead atoms. The minimum absolute atomic E-state index is 0.0751. The third-order valence-corrected chi connectivity index (χ3v) is 4.04. The van der Waals surface area contributed by atoms with Crippen LogP contribution in [-0.4, -0.2) is 47.7 Å². The smallest absolute Gasteiger partial charge is 0.305 e. The number of hydrogen-bond donors (Lipinski definition) is 2. The summed E-state index contributed by atoms with van der Waals surface area (Å²) in [5, 5.41) is 12.2. The van der Waals surface area contributed by atoms with Gasteiger partial charge in [-0.25, -0.2) is 0 Å². The molecular weight excluding hydrogens is 204 g/mol. The van der Waals surface area contributed by atoms with Crippen LogP contribution in [0.3, 0.4) is 0 Å². The van der Waals surface area contributed by atoms with Crippen LogP contribution in [0.4, 0.5) is 0 Å². The van der Waals surface area contributed by atoms with Gasteiger partial charge in [0, 0.05) is 19.6 Å². The van der Waals surface area contributed by atoms with E-state index in [0.717, 1.165) is 32.1 Å². The Labute approximate surface area is 97.0 Å². The predicted molar refractivity (Wildman–Crippen MR) is 62.4 cm³/mol. The van der Waals surface area contributed by atoms with Gasteiger partial charge in [-0.05, 0) is 25.3 Å². The van der Waals surface area contributed by atoms with Crippen molar-refractivity contribution in [3.05, 3.63) is 0 Å². The van der Waals surface area contributed by atoms with Crippen molar-refractivity contribution < 1.29 is 9.90 Å². The van der Waals surface area contributed by atoms with E-state index in [0.29, 0.717) is 6.42 Å². The third-order valence-electron chi connectivity index (χ3n) is 4.04. The second-order valence-corrected chi connectivity index (χ2v) is 5.29. The van der Waals surface area contributed by atoms with Gasteiger partial charge in [0.15, 0.2) is 0 Å². The van der Waals surface area contributed by atoms with Crippen molar-refractivity contribution in [1.82, 2.24) is 10.2 Å². The average Bonchev–Trinajstić information content (AvgIpc) is 2.60. The fourth-order valence-corrected chi connectivity index (χ4v) is 3.06. The molecule has 0 aromatic heterocycles. The molecule has 0 aromatic carbocycles. The van der Waals surface area contributed by atoms with E-state index in [1.165, 1.54) is 19.3 Å². The number of rotatable bonds is 5. The maximum Gasteiger partial charge on any atom is 0.305 e. The summed E-state index contributed by atoms with van der Waals surface area (Å²) in [5.74, 6) is 0.122. The molecule has 1 unspecified atom stereocenters. The van der Waals surface area contributed by atoms with E-state index >= 15 is 0 Å². The zero-order chi connectivity index (χ0) is 11.6. The molecular formula is C12H22N2O2. The number of carbonyl (C=O) groups is 1. The molecule has 0 radical (unpaired) electrons. The molecule has 4 heteroatoms. The Bertz CT molecular complexity index is 264. The van der Waals surface area contributed by atoms with Crippen LogP contribution in [-0.2, 0) is 4.79 Å². The van der Waals surface area contributed by atoms with Crippen molar-refractivity contribution in [1.29, 1.82) is 0 Å². The highest BCUT2D eigenvalue weighted by Gasteiger charge is 2.46. The number of likely N-dealkylation sites (tertiary alicyclic amines) is 1. The first-order valence-corrected chi connectivity index (χ1v) is 6.34. The minimum atomic E-state index is -0.666. The first kappa shape index (κ1) is 11.9. The van der Waals surface area contributed by atoms with Crippen molar-refractivity contribution in [3.63, 3.8) is 0 Å². The molecule has 2 rings (SSSR count). The standard InChI is InChI=1S/C12H22N2O2/c1-2-3-10-4-5-14(7-10)12(6-11(15)16)8-13-9-12/h10,13H,2-9H2,1H3,(H,15,16). The van der Waals surface area contributed by atoms with Gasteiger partial charge >= 0.3 is 5.97 Å². The second kappa shape index (κ2) is 4.72. The van der Waals surface area contributed by atoms with Crippen LogP contribution < -0.4 is 5.32 Å². The number of carboxylic acids is 1. The van der Waals surface area contributed by atoms with Gasteiger partial charge in [0.2, 0.25) is 0 Å². The molecule has 2 aliphatic rings. The van der Waals surface area contributed by atoms with Gasteiger partial charge in [-0.1, -0.05) is 13.3 Å². The number of carboxylic acid groups (broad SMARTS) is 1. The van der Waals surface area contributed by atoms with Crippen LogP contribution in [0.5, 0.6) is 0 Å². The van der Waals surface area contributed by atoms with E-state index in [1.807, 2.05) is 0 Å². The minimum Gasteiger partial charge on any atom is -0.481 e. The predicted octanol–water partition coefficient (Wildman–Crippen LogP) is 0.925. The van der Waals surface area contributed by atoms with Crippen LogP contribution in [0.1, 0.15) is 32.6 Å². The molecule has 4 nitrogen and oxygen atoms in total. The fourth-order valence-electron chi connectivity index (χ4n) is 3.06. The molecule has 0 spiro atoms. The number of aliphatic carboxylic acids is 1. The van der Waals surface area contributed by atoms with E-state index in [1.54, 1.807) is 0 Å². The van der Waals surface area contributed by atoms with Crippen LogP contribution in [0.25, 0.3) is 0 Å². The fraction of sp³-hybridized carbons (Fsp3) is 0.917. The van der Waals surface area contributed by atoms with Gasteiger partial charge in [0.05, 0.1) is 12.0 Å². The Balaban J connectivity index is 1.93. The van der Waals surface area contributed by atoms with Gasteiger partial charge in [-0.3, -0.25) is 9.69 Å². The topological polar surface area (TPSA) is 52.6 Å². The van der Waals surface area contributed by atoms with Crippen molar-refractivity contribution in [2.45, 2.75) is 38.1 Å². The van der Waals surface area contributed by atoms with Crippen LogP contribution in [0.2, 0.25) is 0 Å². The molecule has 2 aliphatic heterocycles. The summed E-state index contributed by atoms with van der Waals surface area (Å²) in [4.78, 5) is 13.3. The van der Waals surface area contributed by atoms with Gasteiger partial charge in [0.1, 0.15) is 0 Å². The van der Waals surface area contributed by atoms with Gasteiger partial charge < -0.3 is 10.4 Å². The summed E-state index contributed by atoms with van der Waals surface area (Å²) < 4.78 is 0. The van der Waals surface area contributed by atoms with Gasteiger partial charge in [-0.15, -0.1) is 0 Å². The summed E-state index contributed by atoms with van der Waals surface area (Å²) in [6.45, 7) is 6.10. The van der Waals surface area contributed by atoms with E-state index in [-0.39, 0.29) is 5.54 Å². The lowest BCUT2D eigenvalue weighted by molar-refractivity contribution is -0.141. The summed E-state index contributed by atoms with van der Waals surface area (Å²) in [7, 11) is 0. The third kappa shape index (κ3) is 2.23. The van der Waals surface area contributed by atoms with Crippen molar-refractivity contribution in [2.24, 2.45) is 5.92 Å². The lowest BCUT2D eigenvalue weighted by Gasteiger charge is -2.48. The SMILES string of the molecule is CCCC1CCN(C2(CC(=O)O)CNC2)C1. The number of nitrogens with zero attached hydrogens (tertiary/aromatic N) is 1. The van der Waals surface area contributed by atoms with Crippen LogP contribution in [0.15, 0.2) is 0 Å². The summed E-state index contributed by atoms with van der Waals surface area (Å²) in [6.07, 6.45) is 4.06. The summed E-state index contributed by atoms with van der Waals surface area (Å²) in [6, 6.07) is 0. The van der Waals surface area contributed by atoms with Crippen molar-refractivity contribution >= 4 is 5.97 Å². The molecule has 92 valence electrons. The molecule has 2 heterocycles. The van der Waals surface area contributed by atoms with E-state index in [4.69, 9.17) is 5.11 Å². The molecule has 2 fully saturated rings. The highest BCUT2D eigenvalue weighted by atomic mass is 16.4. The van der Waals surface area contributed by atoms with Crippen molar-refractivity contribution in [2.75, 3.05) is 26.2 Å². The maximum atomic E-state index is 10.9. The number of hydrogen-bond acceptors (Lipinski definition) is 3. The molecule has 2 N–H and O–H groups in total. The van der Waals surface area contributed by atoms with E-state index in [9.17, 15) is 4.79 Å². The van der Waals surface area contributed by atoms with Crippen molar-refractivity contribution in [3.8, 4) is 0 Å². The van der Waals surface area contributed by atoms with Gasteiger partial charge in [-0.2, -0.15) is 0 Å². The molecule has 0 saturated carbocycles. The largest absolute Gasteiger partial charge is 0.481 e. The molecule has 16 heavy (non-hydrogen) atoms. The maximum absolute atomic E-state index is 10.9. The average molecular weight is 226 g/mol. The molecule has 0 amide bonds. The first-order chi connectivity index (χ1) is 7.66. The lowest BCUT2D eigenvalue weighted by Crippen LogP contribution is -2.69. The Morgan fingerprint density at radius 2 is 2.31 bits per heavy atom. The molecule has 0 aromatic rings. The summed E-state index contributed by atoms with van der Waals surface area (Å²) >= 11 is 0. The lowest BCUT2D eigenvalue weighted by atomic mass is 9.86. The van der Waals surface area contributed by atoms with Crippen LogP contribution >= 0.6 is 0 Å². The Hall–Kier alpha value is -0.610. The summed E-state index contributed by atoms with van der Waals surface area (Å²) in [5.41, 5.74) is -0.0751. The Kier molecular flexibility index (Phi) is 3.50. The van der Waals surface area contributed by atoms with Crippen LogP contribution in [0, 0.1) is 5.92 Å². The molecule has 2 saturated heterocycles. The van der Waals surface area contributed by atoms with E-state index in [2.05, 4.69) is 17.1 Å². The molecule has 0 aliphatic carbocycles. The van der Waals surface area contributed by atoms with E-state index < -0.39 is 5.97 Å². The first-order valence-electron chi connectivity index (χ1n) is 6.34. The zero-order valence-electron chi connectivity index (χ0n) is 10.0. The Morgan fingerprint density at radius 1 is 1.56 bits per heavy atom. The second-order valence-electron chi connectivity index (χ2n) is 5.29. The zero-order valence-corrected chi connectivity index (χ0v) is 10.0. The quantitative estimate of drug-likeness (QED) is 0.732. The highest BCUT2D eigenvalue weighted by molar-refractivity contribution is 5.68. The highest BCUT2D eigenvalue weighted by Crippen LogP contribution is 2.32. The molecule has 1 atom stereocenters. The number of nitrogens with one attached hydrogen (secondary N) is 1. The monoisotopic (exact) mass is 226 g/mol.